The second kappa shape index (κ2) is 4.56. The molecule has 0 unspecified atom stereocenters. The maximum absolute atomic E-state index is 4.27. The zero-order chi connectivity index (χ0) is 7.72. The summed E-state index contributed by atoms with van der Waals surface area (Å²) in [7, 11) is 0. The van der Waals surface area contributed by atoms with Crippen molar-refractivity contribution in [3.05, 3.63) is 28.8 Å². The van der Waals surface area contributed by atoms with Gasteiger partial charge in [0.15, 0.2) is 0 Å². The van der Waals surface area contributed by atoms with Gasteiger partial charge in [-0.25, -0.2) is 0 Å². The largest absolute Gasteiger partial charge is 1.00 e. The van der Waals surface area contributed by atoms with Crippen molar-refractivity contribution in [2.24, 2.45) is 0 Å². The first-order valence-electron chi connectivity index (χ1n) is 3.38. The molecule has 0 aliphatic rings. The van der Waals surface area contributed by atoms with E-state index in [1.165, 1.54) is 16.7 Å². The van der Waals surface area contributed by atoms with Crippen molar-refractivity contribution >= 4 is 12.6 Å². The number of aryl methyl sites for hydroxylation is 2. The first-order chi connectivity index (χ1) is 4.61. The molecule has 11 heavy (non-hydrogen) atoms. The molecule has 0 spiro atoms. The van der Waals surface area contributed by atoms with E-state index in [0.717, 1.165) is 4.90 Å². The van der Waals surface area contributed by atoms with Gasteiger partial charge in [0, 0.05) is 4.90 Å². The van der Waals surface area contributed by atoms with Gasteiger partial charge in [0.05, 0.1) is 0 Å². The van der Waals surface area contributed by atoms with Gasteiger partial charge in [-0.05, 0) is 49.6 Å². The molecular weight excluding hydrogens is 163 g/mol. The van der Waals surface area contributed by atoms with Gasteiger partial charge in [0.2, 0.25) is 0 Å². The molecule has 0 N–H and O–H groups in total. The van der Waals surface area contributed by atoms with Crippen LogP contribution in [0.15, 0.2) is 17.0 Å². The molecule has 56 valence electrons. The molecule has 0 aliphatic heterocycles. The quantitative estimate of drug-likeness (QED) is 0.418. The second-order valence-corrected chi connectivity index (χ2v) is 3.22. The van der Waals surface area contributed by atoms with Crippen LogP contribution in [0.5, 0.6) is 0 Å². The molecule has 0 saturated carbocycles. The maximum Gasteiger partial charge on any atom is 1.00 e. The molecule has 0 nitrogen and oxygen atoms in total. The fourth-order valence-corrected chi connectivity index (χ4v) is 1.40. The van der Waals surface area contributed by atoms with Crippen molar-refractivity contribution in [2.45, 2.75) is 25.7 Å². The fraction of sp³-hybridized carbons (Fsp3) is 0.333. The smallest absolute Gasteiger partial charge is 1.00 e. The Hall–Kier alpha value is 0.570. The molecule has 0 aliphatic carbocycles. The Morgan fingerprint density at radius 3 is 1.82 bits per heavy atom. The summed E-state index contributed by atoms with van der Waals surface area (Å²) in [6.07, 6.45) is 0. The Morgan fingerprint density at radius 2 is 1.45 bits per heavy atom. The first kappa shape index (κ1) is 11.6. The molecule has 0 saturated heterocycles. The molecule has 0 radical (unpaired) electrons. The monoisotopic (exact) mass is 176 g/mol. The average molecular weight is 176 g/mol. The summed E-state index contributed by atoms with van der Waals surface area (Å²) in [6.45, 7) is 6.36. The van der Waals surface area contributed by atoms with E-state index in [0.29, 0.717) is 0 Å². The Balaban J connectivity index is 0. The van der Waals surface area contributed by atoms with Crippen LogP contribution in [0.4, 0.5) is 0 Å². The zero-order valence-corrected chi connectivity index (χ0v) is 10.5. The van der Waals surface area contributed by atoms with E-state index in [1.807, 2.05) is 0 Å². The molecule has 1 aromatic carbocycles. The Kier molecular flexibility index (Phi) is 4.80. The summed E-state index contributed by atoms with van der Waals surface area (Å²) in [6, 6.07) is 4.18. The minimum Gasteiger partial charge on any atom is -1.00 e. The van der Waals surface area contributed by atoms with Crippen LogP contribution in [0.2, 0.25) is 0 Å². The standard InChI is InChI=1S/C9H12S.Na.H/c1-6-4-9(10)5-7(2)8(6)3;;/h4-5,10H,1-3H3;;/q;+1;-1. The summed E-state index contributed by atoms with van der Waals surface area (Å²) < 4.78 is 0. The fourth-order valence-electron chi connectivity index (χ4n) is 1.01. The Bertz CT molecular complexity index is 238. The van der Waals surface area contributed by atoms with Crippen LogP contribution in [0, 0.1) is 20.8 Å². The van der Waals surface area contributed by atoms with Crippen molar-refractivity contribution in [1.82, 2.24) is 0 Å². The first-order valence-corrected chi connectivity index (χ1v) is 3.83. The maximum atomic E-state index is 4.27. The van der Waals surface area contributed by atoms with E-state index in [4.69, 9.17) is 0 Å². The second-order valence-electron chi connectivity index (χ2n) is 2.70. The summed E-state index contributed by atoms with van der Waals surface area (Å²) >= 11 is 4.27. The molecular formula is C9H13NaS. The normalized spacial score (nSPS) is 9.09. The van der Waals surface area contributed by atoms with Gasteiger partial charge in [0.25, 0.3) is 0 Å². The van der Waals surface area contributed by atoms with Gasteiger partial charge in [-0.1, -0.05) is 0 Å². The van der Waals surface area contributed by atoms with Crippen LogP contribution in [0.25, 0.3) is 0 Å². The van der Waals surface area contributed by atoms with E-state index in [-0.39, 0.29) is 31.0 Å². The topological polar surface area (TPSA) is 0 Å². The Morgan fingerprint density at radius 1 is 1.09 bits per heavy atom. The number of thiol groups is 1. The van der Waals surface area contributed by atoms with E-state index in [9.17, 15) is 0 Å². The molecule has 0 amide bonds. The average Bonchev–Trinajstić information content (AvgIpc) is 1.82. The van der Waals surface area contributed by atoms with Gasteiger partial charge in [-0.3, -0.25) is 0 Å². The molecule has 1 rings (SSSR count). The van der Waals surface area contributed by atoms with Crippen molar-refractivity contribution < 1.29 is 31.0 Å². The van der Waals surface area contributed by atoms with Crippen molar-refractivity contribution in [3.8, 4) is 0 Å². The van der Waals surface area contributed by atoms with Gasteiger partial charge < -0.3 is 1.43 Å². The third kappa shape index (κ3) is 2.83. The number of hydrogen-bond acceptors (Lipinski definition) is 1. The third-order valence-corrected chi connectivity index (χ3v) is 2.17. The van der Waals surface area contributed by atoms with Crippen molar-refractivity contribution in [2.75, 3.05) is 0 Å². The van der Waals surface area contributed by atoms with Gasteiger partial charge in [-0.15, -0.1) is 12.6 Å². The van der Waals surface area contributed by atoms with Gasteiger partial charge in [0.1, 0.15) is 0 Å². The van der Waals surface area contributed by atoms with Crippen LogP contribution < -0.4 is 29.6 Å². The molecule has 0 bridgehead atoms. The van der Waals surface area contributed by atoms with Crippen LogP contribution >= 0.6 is 12.6 Å². The minimum absolute atomic E-state index is 0. The number of hydrogen-bond donors (Lipinski definition) is 1. The molecule has 0 atom stereocenters. The van der Waals surface area contributed by atoms with Crippen molar-refractivity contribution in [3.63, 3.8) is 0 Å². The summed E-state index contributed by atoms with van der Waals surface area (Å²) in [5, 5.41) is 0. The van der Waals surface area contributed by atoms with Gasteiger partial charge >= 0.3 is 29.6 Å². The molecule has 0 fully saturated rings. The van der Waals surface area contributed by atoms with Crippen LogP contribution in [-0.4, -0.2) is 0 Å². The van der Waals surface area contributed by atoms with E-state index in [1.54, 1.807) is 0 Å². The number of rotatable bonds is 0. The number of benzene rings is 1. The van der Waals surface area contributed by atoms with E-state index in [2.05, 4.69) is 45.5 Å². The van der Waals surface area contributed by atoms with Crippen LogP contribution in [0.3, 0.4) is 0 Å². The zero-order valence-electron chi connectivity index (χ0n) is 8.60. The molecule has 1 aromatic rings. The summed E-state index contributed by atoms with van der Waals surface area (Å²) in [5.74, 6) is 0. The van der Waals surface area contributed by atoms with Crippen molar-refractivity contribution in [1.29, 1.82) is 0 Å². The third-order valence-electron chi connectivity index (χ3n) is 1.91. The van der Waals surface area contributed by atoms with Crippen LogP contribution in [-0.2, 0) is 0 Å². The van der Waals surface area contributed by atoms with Crippen LogP contribution in [0.1, 0.15) is 18.1 Å². The molecule has 0 heterocycles. The Labute approximate surface area is 97.6 Å². The van der Waals surface area contributed by atoms with E-state index < -0.39 is 0 Å². The summed E-state index contributed by atoms with van der Waals surface area (Å²) in [4.78, 5) is 1.06. The predicted octanol–water partition coefficient (Wildman–Crippen LogP) is 0.0171. The van der Waals surface area contributed by atoms with E-state index >= 15 is 0 Å². The summed E-state index contributed by atoms with van der Waals surface area (Å²) in [5.41, 5.74) is 4.02. The molecule has 0 aromatic heterocycles. The molecule has 2 heteroatoms. The predicted molar refractivity (Wildman–Crippen MR) is 49.0 cm³/mol. The SMILES string of the molecule is Cc1cc(S)cc(C)c1C.[H-].[Na+]. The van der Waals surface area contributed by atoms with Gasteiger partial charge in [-0.2, -0.15) is 0 Å². The minimum atomic E-state index is 0.